The molecule has 0 radical (unpaired) electrons. The Morgan fingerprint density at radius 1 is 0.518 bits per heavy atom. The van der Waals surface area contributed by atoms with Gasteiger partial charge in [-0.25, -0.2) is 15.0 Å². The van der Waals surface area contributed by atoms with Gasteiger partial charge in [0.25, 0.3) is 0 Å². The quantitative estimate of drug-likeness (QED) is 0.178. The third kappa shape index (κ3) is 5.10. The second-order valence-corrected chi connectivity index (χ2v) is 14.9. The summed E-state index contributed by atoms with van der Waals surface area (Å²) < 4.78 is 6.94. The molecule has 1 aromatic heterocycles. The van der Waals surface area contributed by atoms with E-state index in [0.717, 1.165) is 64.0 Å². The van der Waals surface area contributed by atoms with Crippen LogP contribution in [0, 0.1) is 0 Å². The van der Waals surface area contributed by atoms with Crippen LogP contribution in [-0.2, 0) is 5.41 Å². The van der Waals surface area contributed by atoms with Crippen molar-refractivity contribution in [1.82, 2.24) is 15.0 Å². The van der Waals surface area contributed by atoms with Crippen LogP contribution in [0.4, 0.5) is 0 Å². The molecule has 11 rings (SSSR count). The predicted octanol–water partition coefficient (Wildman–Crippen LogP) is 12.3. The fourth-order valence-corrected chi connectivity index (χ4v) is 9.36. The van der Waals surface area contributed by atoms with Crippen molar-refractivity contribution in [1.29, 1.82) is 0 Å². The monoisotopic (exact) mass is 719 g/mol. The molecule has 7 aromatic rings. The van der Waals surface area contributed by atoms with Gasteiger partial charge in [-0.1, -0.05) is 176 Å². The fourth-order valence-electron chi connectivity index (χ4n) is 9.36. The molecular weight excluding hydrogens is 683 g/mol. The molecule has 0 saturated carbocycles. The minimum atomic E-state index is -0.318. The maximum absolute atomic E-state index is 6.94. The molecule has 4 aliphatic rings. The summed E-state index contributed by atoms with van der Waals surface area (Å²) >= 11 is 0. The molecule has 4 heteroatoms. The summed E-state index contributed by atoms with van der Waals surface area (Å²) in [5, 5.41) is 0. The van der Waals surface area contributed by atoms with E-state index < -0.39 is 0 Å². The number of ether oxygens (including phenoxy) is 1. The van der Waals surface area contributed by atoms with Gasteiger partial charge in [-0.2, -0.15) is 0 Å². The standard InChI is InChI=1S/C52H37N3O/c1-3-15-36(16-4-1)49-53-50(37-17-5-2-6-18-37)55-51(54-49)42-22-8-7-19-39(42)35-29-27-34(28-30-35)38-31-32-46-48(33-38)56-47-26-14-13-25-45(47)52(46)43-23-11-9-20-40(43)41-21-10-12-24-44(41)52/h1-11,13-23,25,27-33,47H,12,24,26H2. The summed E-state index contributed by atoms with van der Waals surface area (Å²) in [5.41, 5.74) is 15.2. The molecule has 4 nitrogen and oxygen atoms in total. The van der Waals surface area contributed by atoms with Crippen molar-refractivity contribution >= 4 is 5.57 Å². The van der Waals surface area contributed by atoms with Gasteiger partial charge in [-0.15, -0.1) is 0 Å². The summed E-state index contributed by atoms with van der Waals surface area (Å²) in [6, 6.07) is 53.4. The van der Waals surface area contributed by atoms with Gasteiger partial charge in [-0.3, -0.25) is 0 Å². The Balaban J connectivity index is 0.989. The maximum Gasteiger partial charge on any atom is 0.164 e. The lowest BCUT2D eigenvalue weighted by atomic mass is 9.61. The molecule has 0 amide bonds. The first kappa shape index (κ1) is 32.5. The number of fused-ring (bicyclic) bond motifs is 8. The van der Waals surface area contributed by atoms with Crippen LogP contribution in [-0.4, -0.2) is 21.1 Å². The second-order valence-electron chi connectivity index (χ2n) is 14.9. The second kappa shape index (κ2) is 13.1. The maximum atomic E-state index is 6.94. The Bertz CT molecular complexity index is 2740. The lowest BCUT2D eigenvalue weighted by molar-refractivity contribution is 0.203. The van der Waals surface area contributed by atoms with Gasteiger partial charge in [0.1, 0.15) is 11.9 Å². The molecule has 0 fully saturated rings. The normalized spacial score (nSPS) is 18.8. The minimum Gasteiger partial charge on any atom is -0.485 e. The van der Waals surface area contributed by atoms with Crippen molar-refractivity contribution in [2.24, 2.45) is 0 Å². The van der Waals surface area contributed by atoms with Gasteiger partial charge >= 0.3 is 0 Å². The smallest absolute Gasteiger partial charge is 0.164 e. The van der Waals surface area contributed by atoms with Gasteiger partial charge in [0, 0.05) is 28.7 Å². The SMILES string of the molecule is C1=CCC2Oc3cc(-c4ccc(-c5ccccc5-c5nc(-c6ccccc6)nc(-c6ccccc6)n5)cc4)ccc3C3(C2=C1)C1=C(C=CCC1)c1ccccc13. The van der Waals surface area contributed by atoms with E-state index in [1.165, 1.54) is 33.4 Å². The van der Waals surface area contributed by atoms with Crippen LogP contribution in [0.2, 0.25) is 0 Å². The third-order valence-corrected chi connectivity index (χ3v) is 11.8. The topological polar surface area (TPSA) is 47.9 Å². The Hall–Kier alpha value is -6.91. The van der Waals surface area contributed by atoms with Crippen molar-refractivity contribution < 1.29 is 4.74 Å². The molecule has 2 atom stereocenters. The van der Waals surface area contributed by atoms with Crippen molar-refractivity contribution in [3.63, 3.8) is 0 Å². The molecule has 1 spiro atoms. The van der Waals surface area contributed by atoms with E-state index in [0.29, 0.717) is 17.5 Å². The highest BCUT2D eigenvalue weighted by atomic mass is 16.5. The molecule has 0 bridgehead atoms. The molecule has 0 N–H and O–H groups in total. The van der Waals surface area contributed by atoms with Crippen molar-refractivity contribution in [2.75, 3.05) is 0 Å². The molecular formula is C52H37N3O. The highest BCUT2D eigenvalue weighted by Gasteiger charge is 2.54. The van der Waals surface area contributed by atoms with Crippen LogP contribution in [0.5, 0.6) is 5.75 Å². The lowest BCUT2D eigenvalue weighted by Crippen LogP contribution is -2.43. The summed E-state index contributed by atoms with van der Waals surface area (Å²) in [5.74, 6) is 2.92. The molecule has 1 aliphatic heterocycles. The van der Waals surface area contributed by atoms with Crippen LogP contribution >= 0.6 is 0 Å². The van der Waals surface area contributed by atoms with E-state index in [1.54, 1.807) is 0 Å². The van der Waals surface area contributed by atoms with Crippen molar-refractivity contribution in [2.45, 2.75) is 30.8 Å². The Morgan fingerprint density at radius 3 is 1.89 bits per heavy atom. The summed E-state index contributed by atoms with van der Waals surface area (Å²) in [4.78, 5) is 15.0. The molecule has 3 aliphatic carbocycles. The number of allylic oxidation sites excluding steroid dienone is 6. The summed E-state index contributed by atoms with van der Waals surface area (Å²) in [7, 11) is 0. The predicted molar refractivity (Wildman–Crippen MR) is 226 cm³/mol. The molecule has 56 heavy (non-hydrogen) atoms. The van der Waals surface area contributed by atoms with E-state index in [9.17, 15) is 0 Å². The van der Waals surface area contributed by atoms with Crippen LogP contribution in [0.15, 0.2) is 193 Å². The van der Waals surface area contributed by atoms with Crippen LogP contribution < -0.4 is 4.74 Å². The fraction of sp³-hybridized carbons (Fsp3) is 0.0962. The number of nitrogens with zero attached hydrogens (tertiary/aromatic N) is 3. The minimum absolute atomic E-state index is 0.00680. The summed E-state index contributed by atoms with van der Waals surface area (Å²) in [6.07, 6.45) is 14.4. The van der Waals surface area contributed by atoms with Gasteiger partial charge in [0.15, 0.2) is 17.5 Å². The van der Waals surface area contributed by atoms with Crippen LogP contribution in [0.1, 0.15) is 36.0 Å². The number of aromatic nitrogens is 3. The number of hydrogen-bond acceptors (Lipinski definition) is 4. The number of hydrogen-bond donors (Lipinski definition) is 0. The van der Waals surface area contributed by atoms with E-state index >= 15 is 0 Å². The summed E-state index contributed by atoms with van der Waals surface area (Å²) in [6.45, 7) is 0. The number of rotatable bonds is 5. The zero-order valence-corrected chi connectivity index (χ0v) is 30.8. The average molecular weight is 720 g/mol. The highest BCUT2D eigenvalue weighted by Crippen LogP contribution is 2.62. The van der Waals surface area contributed by atoms with E-state index in [4.69, 9.17) is 19.7 Å². The first-order valence-electron chi connectivity index (χ1n) is 19.5. The first-order chi connectivity index (χ1) is 27.8. The van der Waals surface area contributed by atoms with Gasteiger partial charge < -0.3 is 4.74 Å². The Morgan fingerprint density at radius 2 is 1.14 bits per heavy atom. The zero-order chi connectivity index (χ0) is 37.1. The lowest BCUT2D eigenvalue weighted by Gasteiger charge is -2.46. The molecule has 6 aromatic carbocycles. The molecule has 266 valence electrons. The van der Waals surface area contributed by atoms with Crippen LogP contribution in [0.25, 0.3) is 62.0 Å². The van der Waals surface area contributed by atoms with E-state index in [1.807, 2.05) is 60.7 Å². The van der Waals surface area contributed by atoms with Crippen molar-refractivity contribution in [3.8, 4) is 62.2 Å². The largest absolute Gasteiger partial charge is 0.485 e. The molecule has 2 heterocycles. The Kier molecular flexibility index (Phi) is 7.63. The van der Waals surface area contributed by atoms with Crippen LogP contribution in [0.3, 0.4) is 0 Å². The molecule has 2 unspecified atom stereocenters. The zero-order valence-electron chi connectivity index (χ0n) is 30.8. The average Bonchev–Trinajstić information content (AvgIpc) is 3.57. The molecule has 0 saturated heterocycles. The highest BCUT2D eigenvalue weighted by molar-refractivity contribution is 5.92. The van der Waals surface area contributed by atoms with Gasteiger partial charge in [-0.05, 0) is 69.0 Å². The van der Waals surface area contributed by atoms with Gasteiger partial charge in [0.05, 0.1) is 5.41 Å². The van der Waals surface area contributed by atoms with E-state index in [-0.39, 0.29) is 11.5 Å². The van der Waals surface area contributed by atoms with E-state index in [2.05, 4.69) is 121 Å². The van der Waals surface area contributed by atoms with Gasteiger partial charge in [0.2, 0.25) is 0 Å². The Labute approximate surface area is 327 Å². The first-order valence-corrected chi connectivity index (χ1v) is 19.5. The van der Waals surface area contributed by atoms with Crippen molar-refractivity contribution in [3.05, 3.63) is 210 Å². The third-order valence-electron chi connectivity index (χ3n) is 11.8. The number of benzene rings is 6.